The molecule has 1 unspecified atom stereocenters. The predicted molar refractivity (Wildman–Crippen MR) is 73.4 cm³/mol. The Balaban J connectivity index is 2.12. The summed E-state index contributed by atoms with van der Waals surface area (Å²) in [5.74, 6) is -4.06. The summed E-state index contributed by atoms with van der Waals surface area (Å²) in [5.41, 5.74) is 0.461. The second-order valence-electron chi connectivity index (χ2n) is 5.17. The van der Waals surface area contributed by atoms with Crippen LogP contribution >= 0.6 is 0 Å². The van der Waals surface area contributed by atoms with Gasteiger partial charge in [0.2, 0.25) is 5.91 Å². The van der Waals surface area contributed by atoms with E-state index in [0.29, 0.717) is 24.8 Å². The Morgan fingerprint density at radius 1 is 1.05 bits per heavy atom. The molecule has 1 aromatic carbocycles. The molecular weight excluding hydrogens is 274 g/mol. The van der Waals surface area contributed by atoms with E-state index in [1.54, 1.807) is 30.3 Å². The van der Waals surface area contributed by atoms with E-state index in [-0.39, 0.29) is 0 Å². The number of carbonyl (C=O) groups is 3. The minimum atomic E-state index is -1.17. The van der Waals surface area contributed by atoms with E-state index in [9.17, 15) is 19.5 Å². The monoisotopic (exact) mass is 291 g/mol. The molecule has 3 atom stereocenters. The van der Waals surface area contributed by atoms with Gasteiger partial charge in [0.25, 0.3) is 0 Å². The maximum absolute atomic E-state index is 12.2. The molecule has 1 aliphatic carbocycles. The van der Waals surface area contributed by atoms with E-state index >= 15 is 0 Å². The smallest absolute Gasteiger partial charge is 0.330 e. The first-order valence-electron chi connectivity index (χ1n) is 6.81. The first-order valence-corrected chi connectivity index (χ1v) is 6.81. The van der Waals surface area contributed by atoms with Gasteiger partial charge in [0.15, 0.2) is 6.04 Å². The third-order valence-electron chi connectivity index (χ3n) is 3.84. The second kappa shape index (κ2) is 6.39. The summed E-state index contributed by atoms with van der Waals surface area (Å²) >= 11 is 0. The van der Waals surface area contributed by atoms with Crippen molar-refractivity contribution >= 4 is 17.8 Å². The molecule has 1 amide bonds. The van der Waals surface area contributed by atoms with Gasteiger partial charge in [0.1, 0.15) is 0 Å². The van der Waals surface area contributed by atoms with Crippen LogP contribution in [0.15, 0.2) is 30.3 Å². The summed E-state index contributed by atoms with van der Waals surface area (Å²) in [7, 11) is 0. The van der Waals surface area contributed by atoms with Crippen molar-refractivity contribution in [3.8, 4) is 0 Å². The normalized spacial score (nSPS) is 22.5. The molecule has 6 nitrogen and oxygen atoms in total. The van der Waals surface area contributed by atoms with Crippen LogP contribution in [0, 0.1) is 11.8 Å². The predicted octanol–water partition coefficient (Wildman–Crippen LogP) is 1.43. The van der Waals surface area contributed by atoms with Gasteiger partial charge in [-0.1, -0.05) is 36.8 Å². The van der Waals surface area contributed by atoms with Crippen LogP contribution in [0.4, 0.5) is 0 Å². The van der Waals surface area contributed by atoms with Crippen LogP contribution in [-0.4, -0.2) is 28.1 Å². The zero-order valence-electron chi connectivity index (χ0n) is 11.4. The summed E-state index contributed by atoms with van der Waals surface area (Å²) < 4.78 is 0. The summed E-state index contributed by atoms with van der Waals surface area (Å²) in [6, 6.07) is 7.20. The van der Waals surface area contributed by atoms with Gasteiger partial charge in [0, 0.05) is 0 Å². The van der Waals surface area contributed by atoms with Crippen molar-refractivity contribution in [2.45, 2.75) is 25.3 Å². The van der Waals surface area contributed by atoms with Gasteiger partial charge >= 0.3 is 11.9 Å². The van der Waals surface area contributed by atoms with Crippen LogP contribution in [0.25, 0.3) is 0 Å². The molecule has 2 rings (SSSR count). The average Bonchev–Trinajstić information content (AvgIpc) is 2.94. The summed E-state index contributed by atoms with van der Waals surface area (Å²) in [6.07, 6.45) is 1.60. The molecule has 0 heterocycles. The Bertz CT molecular complexity index is 542. The SMILES string of the molecule is O=C(O)C(NC(=O)[C@@H]1CCC[C@@H]1C(=O)O)c1ccccc1. The molecule has 1 fully saturated rings. The van der Waals surface area contributed by atoms with Gasteiger partial charge in [-0.2, -0.15) is 0 Å². The maximum Gasteiger partial charge on any atom is 0.330 e. The first kappa shape index (κ1) is 15.0. The molecule has 1 saturated carbocycles. The van der Waals surface area contributed by atoms with Gasteiger partial charge < -0.3 is 15.5 Å². The van der Waals surface area contributed by atoms with E-state index in [4.69, 9.17) is 5.11 Å². The number of amides is 1. The van der Waals surface area contributed by atoms with E-state index in [1.165, 1.54) is 0 Å². The first-order chi connectivity index (χ1) is 10.0. The molecule has 21 heavy (non-hydrogen) atoms. The largest absolute Gasteiger partial charge is 0.481 e. The Morgan fingerprint density at radius 3 is 2.24 bits per heavy atom. The Kier molecular flexibility index (Phi) is 4.57. The highest BCUT2D eigenvalue weighted by Crippen LogP contribution is 2.32. The molecule has 1 aliphatic rings. The topological polar surface area (TPSA) is 104 Å². The van der Waals surface area contributed by atoms with E-state index in [1.807, 2.05) is 0 Å². The third-order valence-corrected chi connectivity index (χ3v) is 3.84. The molecule has 0 spiro atoms. The summed E-state index contributed by atoms with van der Waals surface area (Å²) in [6.45, 7) is 0. The zero-order chi connectivity index (χ0) is 15.4. The minimum absolute atomic E-state index is 0.455. The van der Waals surface area contributed by atoms with Crippen molar-refractivity contribution in [3.05, 3.63) is 35.9 Å². The number of hydrogen-bond acceptors (Lipinski definition) is 3. The Labute approximate surface area is 121 Å². The van der Waals surface area contributed by atoms with Crippen LogP contribution < -0.4 is 5.32 Å². The number of nitrogens with one attached hydrogen (secondary N) is 1. The average molecular weight is 291 g/mol. The number of carbonyl (C=O) groups excluding carboxylic acids is 1. The van der Waals surface area contributed by atoms with E-state index in [0.717, 1.165) is 0 Å². The molecule has 0 radical (unpaired) electrons. The number of rotatable bonds is 5. The number of benzene rings is 1. The molecule has 3 N–H and O–H groups in total. The molecule has 6 heteroatoms. The molecule has 0 aliphatic heterocycles. The van der Waals surface area contributed by atoms with Gasteiger partial charge in [-0.25, -0.2) is 4.79 Å². The van der Waals surface area contributed by atoms with Crippen LogP contribution in [0.3, 0.4) is 0 Å². The van der Waals surface area contributed by atoms with Gasteiger partial charge in [-0.05, 0) is 18.4 Å². The van der Waals surface area contributed by atoms with Crippen molar-refractivity contribution in [1.29, 1.82) is 0 Å². The summed E-state index contributed by atoms with van der Waals surface area (Å²) in [5, 5.41) is 20.8. The van der Waals surface area contributed by atoms with Gasteiger partial charge in [-0.3, -0.25) is 9.59 Å². The Morgan fingerprint density at radius 2 is 1.67 bits per heavy atom. The Hall–Kier alpha value is -2.37. The summed E-state index contributed by atoms with van der Waals surface area (Å²) in [4.78, 5) is 34.7. The second-order valence-corrected chi connectivity index (χ2v) is 5.17. The van der Waals surface area contributed by atoms with Crippen LogP contribution in [0.1, 0.15) is 30.9 Å². The van der Waals surface area contributed by atoms with Crippen molar-refractivity contribution in [2.75, 3.05) is 0 Å². The lowest BCUT2D eigenvalue weighted by atomic mass is 9.94. The fourth-order valence-corrected chi connectivity index (χ4v) is 2.75. The van der Waals surface area contributed by atoms with E-state index in [2.05, 4.69) is 5.32 Å². The van der Waals surface area contributed by atoms with Crippen molar-refractivity contribution in [1.82, 2.24) is 5.32 Å². The molecule has 0 saturated heterocycles. The highest BCUT2D eigenvalue weighted by molar-refractivity contribution is 5.89. The van der Waals surface area contributed by atoms with E-state index < -0.39 is 35.7 Å². The number of carboxylic acids is 2. The molecule has 112 valence electrons. The highest BCUT2D eigenvalue weighted by Gasteiger charge is 2.39. The molecule has 0 bridgehead atoms. The molecule has 0 aromatic heterocycles. The molecular formula is C15H17NO5. The lowest BCUT2D eigenvalue weighted by Gasteiger charge is -2.20. The lowest BCUT2D eigenvalue weighted by molar-refractivity contribution is -0.147. The minimum Gasteiger partial charge on any atom is -0.481 e. The standard InChI is InChI=1S/C15H17NO5/c17-13(10-7-4-8-11(10)14(18)19)16-12(15(20)21)9-5-2-1-3-6-9/h1-3,5-6,10-12H,4,7-8H2,(H,16,17)(H,18,19)(H,20,21)/t10-,11+,12?/m1/s1. The number of carboxylic acid groups (broad SMARTS) is 2. The lowest BCUT2D eigenvalue weighted by Crippen LogP contribution is -2.40. The van der Waals surface area contributed by atoms with Gasteiger partial charge in [-0.15, -0.1) is 0 Å². The van der Waals surface area contributed by atoms with Crippen molar-refractivity contribution in [3.63, 3.8) is 0 Å². The number of hydrogen-bond donors (Lipinski definition) is 3. The highest BCUT2D eigenvalue weighted by atomic mass is 16.4. The zero-order valence-corrected chi connectivity index (χ0v) is 11.4. The van der Waals surface area contributed by atoms with Crippen molar-refractivity contribution in [2.24, 2.45) is 11.8 Å². The number of aliphatic carboxylic acids is 2. The third kappa shape index (κ3) is 3.39. The van der Waals surface area contributed by atoms with Crippen molar-refractivity contribution < 1.29 is 24.6 Å². The van der Waals surface area contributed by atoms with Crippen LogP contribution in [-0.2, 0) is 14.4 Å². The van der Waals surface area contributed by atoms with Gasteiger partial charge in [0.05, 0.1) is 11.8 Å². The van der Waals surface area contributed by atoms with Crippen LogP contribution in [0.5, 0.6) is 0 Å². The fraction of sp³-hybridized carbons (Fsp3) is 0.400. The van der Waals surface area contributed by atoms with Crippen LogP contribution in [0.2, 0.25) is 0 Å². The molecule has 1 aromatic rings. The fourth-order valence-electron chi connectivity index (χ4n) is 2.75. The quantitative estimate of drug-likeness (QED) is 0.761. The maximum atomic E-state index is 12.2.